The van der Waals surface area contributed by atoms with Crippen LogP contribution in [0.1, 0.15) is 69.1 Å². The maximum Gasteiger partial charge on any atom is 1.00 e. The molecule has 6 heteroatoms. The van der Waals surface area contributed by atoms with Crippen LogP contribution < -0.4 is 99.5 Å². The quantitative estimate of drug-likeness (QED) is 0.141. The number of rotatable bonds is 3. The summed E-state index contributed by atoms with van der Waals surface area (Å²) in [7, 11) is 0. The number of fused-ring (bicyclic) bond motifs is 12. The Balaban J connectivity index is 0.000000173. The molecule has 292 valence electrons. The van der Waals surface area contributed by atoms with Crippen molar-refractivity contribution in [3.63, 3.8) is 0 Å². The minimum Gasteiger partial charge on any atom is -1.00 e. The van der Waals surface area contributed by atoms with Gasteiger partial charge in [-0.15, -0.1) is 0 Å². The molecule has 0 radical (unpaired) electrons. The number of hydrogen-bond donors (Lipinski definition) is 1. The Labute approximate surface area is 441 Å². The monoisotopic (exact) mass is 987 g/mol. The first-order chi connectivity index (χ1) is 28.6. The van der Waals surface area contributed by atoms with Gasteiger partial charge < -0.3 is 36.2 Å². The molecule has 8 aromatic rings. The van der Waals surface area contributed by atoms with Crippen molar-refractivity contribution < 1.29 is 99.0 Å². The van der Waals surface area contributed by atoms with E-state index in [0.717, 1.165) is 50.9 Å². The third kappa shape index (κ3) is 9.92. The van der Waals surface area contributed by atoms with Crippen LogP contribution in [0.15, 0.2) is 205 Å². The van der Waals surface area contributed by atoms with Crippen molar-refractivity contribution in [3.05, 3.63) is 256 Å². The zero-order valence-electron chi connectivity index (χ0n) is 35.0. The molecule has 0 saturated heterocycles. The maximum atomic E-state index is 11.9. The van der Waals surface area contributed by atoms with Gasteiger partial charge in [0.2, 0.25) is 0 Å². The molecule has 61 heavy (non-hydrogen) atoms. The molecule has 0 aromatic heterocycles. The van der Waals surface area contributed by atoms with Crippen LogP contribution in [-0.4, -0.2) is 5.78 Å². The molecule has 0 bridgehead atoms. The predicted octanol–water partition coefficient (Wildman–Crippen LogP) is 5.68. The van der Waals surface area contributed by atoms with E-state index in [4.69, 9.17) is 0 Å². The van der Waals surface area contributed by atoms with E-state index in [-0.39, 0.29) is 105 Å². The van der Waals surface area contributed by atoms with Crippen LogP contribution in [-0.2, 0) is 11.8 Å². The number of halogens is 2. The summed E-state index contributed by atoms with van der Waals surface area (Å²) in [6.07, 6.45) is 3.29. The van der Waals surface area contributed by atoms with Gasteiger partial charge in [0.25, 0.3) is 0 Å². The van der Waals surface area contributed by atoms with Crippen LogP contribution in [0.4, 0.5) is 11.4 Å². The van der Waals surface area contributed by atoms with Crippen LogP contribution in [0.2, 0.25) is 0 Å². The molecule has 0 unspecified atom stereocenters. The van der Waals surface area contributed by atoms with E-state index in [1.54, 1.807) is 0 Å². The molecule has 11 rings (SSSR count). The molecule has 0 aliphatic heterocycles. The van der Waals surface area contributed by atoms with Gasteiger partial charge in [0.1, 0.15) is 0 Å². The molecule has 3 aliphatic carbocycles. The summed E-state index contributed by atoms with van der Waals surface area (Å²) in [5.74, 6) is 0.149. The van der Waals surface area contributed by atoms with Gasteiger partial charge in [-0.05, 0) is 102 Å². The Bertz CT molecular complexity index is 2580. The summed E-state index contributed by atoms with van der Waals surface area (Å²) < 4.78 is 1.07. The zero-order valence-corrected chi connectivity index (χ0v) is 41.9. The van der Waals surface area contributed by atoms with E-state index < -0.39 is 0 Å². The number of para-hydroxylation sites is 2. The van der Waals surface area contributed by atoms with E-state index in [1.165, 1.54) is 50.9 Å². The molecule has 1 spiro atoms. The number of nitrogens with one attached hydrogen (secondary N) is 1. The van der Waals surface area contributed by atoms with Crippen LogP contribution >= 0.6 is 15.9 Å². The Hall–Kier alpha value is -3.33. The largest absolute Gasteiger partial charge is 1.00 e. The maximum absolute atomic E-state index is 11.9. The van der Waals surface area contributed by atoms with Crippen molar-refractivity contribution in [2.45, 2.75) is 31.6 Å². The SMILES string of the molecule is Brc1ccccc1Nc1ccccc1.O=C1c2ccccc2-c2ccccc21.[CH2-]CCC.[I-].[K+].[Li+].c1ccc2c(c1)Cc1ccccc1C21c2ccccc2-c2ccccc21. The fourth-order valence-corrected chi connectivity index (χ4v) is 8.85. The number of anilines is 2. The summed E-state index contributed by atoms with van der Waals surface area (Å²) in [6, 6.07) is 69.6. The number of hydrogen-bond acceptors (Lipinski definition) is 2. The fraction of sp³-hybridized carbons (Fsp3) is 0.0909. The third-order valence-electron chi connectivity index (χ3n) is 11.1. The summed E-state index contributed by atoms with van der Waals surface area (Å²) >= 11 is 3.49. The summed E-state index contributed by atoms with van der Waals surface area (Å²) in [5.41, 5.74) is 17.1. The Morgan fingerprint density at radius 2 is 0.869 bits per heavy atom. The van der Waals surface area contributed by atoms with Crippen molar-refractivity contribution in [1.82, 2.24) is 0 Å². The second-order valence-electron chi connectivity index (χ2n) is 14.6. The number of unbranched alkanes of at least 4 members (excludes halogenated alkanes) is 1. The molecule has 3 aliphatic rings. The number of carbonyl (C=O) groups is 1. The van der Waals surface area contributed by atoms with Crippen molar-refractivity contribution >= 4 is 33.1 Å². The normalized spacial score (nSPS) is 12.0. The van der Waals surface area contributed by atoms with E-state index in [1.807, 2.05) is 103 Å². The van der Waals surface area contributed by atoms with Crippen LogP contribution in [0.3, 0.4) is 0 Å². The topological polar surface area (TPSA) is 29.1 Å². The van der Waals surface area contributed by atoms with Gasteiger partial charge in [0.05, 0.1) is 11.1 Å². The summed E-state index contributed by atoms with van der Waals surface area (Å²) in [6.45, 7) is 5.72. The van der Waals surface area contributed by atoms with Gasteiger partial charge in [-0.1, -0.05) is 189 Å². The molecule has 0 amide bonds. The third-order valence-corrected chi connectivity index (χ3v) is 11.8. The van der Waals surface area contributed by atoms with Crippen molar-refractivity contribution in [1.29, 1.82) is 0 Å². The molecular weight excluding hydrogens is 943 g/mol. The predicted molar refractivity (Wildman–Crippen MR) is 246 cm³/mol. The van der Waals surface area contributed by atoms with Crippen LogP contribution in [0, 0.1) is 6.92 Å². The molecule has 2 nitrogen and oxygen atoms in total. The van der Waals surface area contributed by atoms with Gasteiger partial charge >= 0.3 is 70.2 Å². The van der Waals surface area contributed by atoms with Crippen LogP contribution in [0.5, 0.6) is 0 Å². The first-order valence-electron chi connectivity index (χ1n) is 20.0. The second-order valence-corrected chi connectivity index (χ2v) is 15.4. The van der Waals surface area contributed by atoms with E-state index >= 15 is 0 Å². The molecule has 8 aromatic carbocycles. The number of benzene rings is 8. The van der Waals surface area contributed by atoms with Crippen molar-refractivity contribution in [2.75, 3.05) is 5.32 Å². The Morgan fingerprint density at radius 3 is 1.33 bits per heavy atom. The van der Waals surface area contributed by atoms with E-state index in [2.05, 4.69) is 132 Å². The standard InChI is InChI=1S/C26H18.C13H8O.C12H10BrN.C4H9.HI.K.Li/c1-5-13-22-18(9-1)17-19-10-2-6-14-23(19)26(22)24-15-7-3-11-20(24)21-12-4-8-16-25(21)26;14-13-11-7-3-1-5-9(11)10-6-2-4-8-12(10)13;13-11-8-4-5-9-12(11)14-10-6-2-1-3-7-10;1-3-4-2;;;/h1-16H,17H2;1-8H;1-9,14H;1,3-4H2,2H3;1H;;/q;;;-1;;2*+1/p-1. The first kappa shape index (κ1) is 48.7. The van der Waals surface area contributed by atoms with Crippen molar-refractivity contribution in [3.8, 4) is 22.3 Å². The minimum absolute atomic E-state index is 0. The summed E-state index contributed by atoms with van der Waals surface area (Å²) in [5, 5.41) is 3.33. The van der Waals surface area contributed by atoms with Gasteiger partial charge in [-0.3, -0.25) is 4.79 Å². The van der Waals surface area contributed by atoms with Gasteiger partial charge in [-0.2, -0.15) is 6.42 Å². The summed E-state index contributed by atoms with van der Waals surface area (Å²) in [4.78, 5) is 11.9. The molecule has 1 N–H and O–H groups in total. The van der Waals surface area contributed by atoms with Crippen LogP contribution in [0.25, 0.3) is 22.3 Å². The molecule has 0 saturated carbocycles. The smallest absolute Gasteiger partial charge is 1.00 e. The average molecular weight is 989 g/mol. The molecule has 0 fully saturated rings. The second kappa shape index (κ2) is 22.9. The Morgan fingerprint density at radius 1 is 0.508 bits per heavy atom. The molecule has 0 heterocycles. The van der Waals surface area contributed by atoms with Gasteiger partial charge in [0, 0.05) is 21.3 Å². The van der Waals surface area contributed by atoms with E-state index in [0.29, 0.717) is 0 Å². The average Bonchev–Trinajstić information content (AvgIpc) is 3.75. The number of ketones is 1. The fourth-order valence-electron chi connectivity index (χ4n) is 8.46. The molecule has 0 atom stereocenters. The Kier molecular flexibility index (Phi) is 18.2. The number of carbonyl (C=O) groups excluding carboxylic acids is 1. The van der Waals surface area contributed by atoms with E-state index in [9.17, 15) is 4.79 Å². The minimum atomic E-state index is -0.196. The molecular formula is C55H45BrIKLiNO. The van der Waals surface area contributed by atoms with Gasteiger partial charge in [-0.25, -0.2) is 0 Å². The first-order valence-corrected chi connectivity index (χ1v) is 20.8. The van der Waals surface area contributed by atoms with Gasteiger partial charge in [0.15, 0.2) is 5.78 Å². The zero-order chi connectivity index (χ0) is 39.9. The van der Waals surface area contributed by atoms with Crippen molar-refractivity contribution in [2.24, 2.45) is 0 Å².